The highest BCUT2D eigenvalue weighted by molar-refractivity contribution is 5.95. The Morgan fingerprint density at radius 2 is 1.85 bits per heavy atom. The molecule has 2 aliphatic heterocycles. The number of carbonyl (C=O) groups excluding carboxylic acids is 2. The smallest absolute Gasteiger partial charge is 0.320 e. The fraction of sp³-hybridized carbons (Fsp3) is 0.360. The van der Waals surface area contributed by atoms with Gasteiger partial charge in [-0.05, 0) is 18.6 Å². The van der Waals surface area contributed by atoms with Crippen LogP contribution in [0, 0.1) is 0 Å². The van der Waals surface area contributed by atoms with Gasteiger partial charge in [-0.2, -0.15) is 0 Å². The number of urea groups is 1. The Bertz CT molecular complexity index is 1380. The van der Waals surface area contributed by atoms with Gasteiger partial charge in [0.05, 0.1) is 12.7 Å². The summed E-state index contributed by atoms with van der Waals surface area (Å²) in [6, 6.07) is 9.15. The molecule has 1 aromatic carbocycles. The molecule has 5 rings (SSSR count). The van der Waals surface area contributed by atoms with Crippen LogP contribution in [0.3, 0.4) is 0 Å². The van der Waals surface area contributed by atoms with Gasteiger partial charge in [-0.3, -0.25) is 19.5 Å². The number of anilines is 1. The van der Waals surface area contributed by atoms with Crippen LogP contribution in [0.25, 0.3) is 17.2 Å². The molecule has 204 valence electrons. The van der Waals surface area contributed by atoms with E-state index in [9.17, 15) is 14.4 Å². The van der Waals surface area contributed by atoms with Crippen LogP contribution in [0.4, 0.5) is 10.6 Å². The molecular weight excluding hydrogens is 510 g/mol. The van der Waals surface area contributed by atoms with Crippen LogP contribution < -0.4 is 16.0 Å². The van der Waals surface area contributed by atoms with Crippen molar-refractivity contribution in [2.45, 2.75) is 44.2 Å². The summed E-state index contributed by atoms with van der Waals surface area (Å²) in [5, 5.41) is 16.8. The first-order chi connectivity index (χ1) is 18.9. The molecule has 2 aromatic heterocycles. The minimum atomic E-state index is -1.09. The molecule has 5 atom stereocenters. The van der Waals surface area contributed by atoms with Crippen LogP contribution in [0.15, 0.2) is 49.1 Å². The number of aromatic nitrogens is 4. The van der Waals surface area contributed by atoms with Crippen molar-refractivity contribution in [1.29, 1.82) is 0 Å². The van der Waals surface area contributed by atoms with Crippen molar-refractivity contribution in [3.05, 3.63) is 54.6 Å². The van der Waals surface area contributed by atoms with Gasteiger partial charge in [0.25, 0.3) is 5.91 Å². The van der Waals surface area contributed by atoms with E-state index in [2.05, 4.69) is 30.9 Å². The highest BCUT2D eigenvalue weighted by atomic mass is 16.8. The number of aliphatic carboxylic acids is 1. The van der Waals surface area contributed by atoms with Gasteiger partial charge < -0.3 is 30.0 Å². The van der Waals surface area contributed by atoms with E-state index in [1.807, 2.05) is 36.4 Å². The maximum Gasteiger partial charge on any atom is 0.320 e. The summed E-state index contributed by atoms with van der Waals surface area (Å²) in [4.78, 5) is 48.7. The Morgan fingerprint density at radius 1 is 1.05 bits per heavy atom. The summed E-state index contributed by atoms with van der Waals surface area (Å²) in [6.45, 7) is 2.16. The van der Waals surface area contributed by atoms with Gasteiger partial charge in [0, 0.05) is 13.1 Å². The first kappa shape index (κ1) is 26.2. The highest BCUT2D eigenvalue weighted by Gasteiger charge is 2.55. The van der Waals surface area contributed by atoms with E-state index in [4.69, 9.17) is 19.3 Å². The zero-order valence-corrected chi connectivity index (χ0v) is 20.9. The maximum atomic E-state index is 13.0. The number of imidazole rings is 1. The summed E-state index contributed by atoms with van der Waals surface area (Å²) in [5.74, 6) is -1.36. The number of nitrogens with zero attached hydrogens (tertiary/aromatic N) is 4. The Hall–Kier alpha value is -4.40. The monoisotopic (exact) mass is 537 g/mol. The number of carboxylic acids is 1. The standard InChI is InChI=1S/C25H27N7O7/c1-2-26-25(36)31-21-17-22(29-12-28-21)32(13-30-17)24-20-18(19(39-24)23(35)27-11-10-15(33)34)37-16(38-20)9-8-14-6-4-3-5-7-14/h3-9,12-13,16,18-20,24H,2,10-11H2,1H3,(H,27,35)(H,33,34)(H2,26,28,29,31,36)/b9-8+/t16-,18?,19?,20?,24?/m0/s1. The SMILES string of the molecule is CCNC(=O)Nc1ncnc2c1ncn2C1OC(C(=O)NCCC(=O)O)C2O[C@H](/C=C/c3ccccc3)OC21. The van der Waals surface area contributed by atoms with Gasteiger partial charge in [-0.25, -0.2) is 19.7 Å². The Kier molecular flexibility index (Phi) is 7.76. The Balaban J connectivity index is 1.41. The number of benzene rings is 1. The van der Waals surface area contributed by atoms with Crippen LogP contribution in [0.5, 0.6) is 0 Å². The van der Waals surface area contributed by atoms with Crippen molar-refractivity contribution in [3.63, 3.8) is 0 Å². The number of carboxylic acid groups (broad SMARTS) is 1. The van der Waals surface area contributed by atoms with Gasteiger partial charge in [-0.1, -0.05) is 36.4 Å². The molecule has 0 spiro atoms. The largest absolute Gasteiger partial charge is 0.481 e. The van der Waals surface area contributed by atoms with Crippen LogP contribution in [0.2, 0.25) is 0 Å². The normalized spacial score (nSPS) is 24.1. The number of carbonyl (C=O) groups is 3. The van der Waals surface area contributed by atoms with E-state index in [0.29, 0.717) is 17.7 Å². The number of nitrogens with one attached hydrogen (secondary N) is 3. The van der Waals surface area contributed by atoms with E-state index >= 15 is 0 Å². The number of ether oxygens (including phenoxy) is 3. The topological polar surface area (TPSA) is 179 Å². The molecule has 2 aliphatic rings. The molecule has 3 aromatic rings. The molecule has 4 heterocycles. The molecule has 2 saturated heterocycles. The van der Waals surface area contributed by atoms with E-state index < -0.39 is 48.7 Å². The number of fused-ring (bicyclic) bond motifs is 2. The predicted molar refractivity (Wildman–Crippen MR) is 136 cm³/mol. The van der Waals surface area contributed by atoms with Crippen LogP contribution in [-0.4, -0.2) is 80.2 Å². The quantitative estimate of drug-likeness (QED) is 0.311. The number of hydrogen-bond donors (Lipinski definition) is 4. The van der Waals surface area contributed by atoms with Crippen molar-refractivity contribution in [1.82, 2.24) is 30.2 Å². The number of rotatable bonds is 9. The average Bonchev–Trinajstić information content (AvgIpc) is 3.62. The zero-order chi connectivity index (χ0) is 27.4. The average molecular weight is 538 g/mol. The van der Waals surface area contributed by atoms with E-state index in [0.717, 1.165) is 5.56 Å². The van der Waals surface area contributed by atoms with Crippen LogP contribution >= 0.6 is 0 Å². The van der Waals surface area contributed by atoms with E-state index in [1.165, 1.54) is 12.7 Å². The second-order valence-corrected chi connectivity index (χ2v) is 8.75. The highest BCUT2D eigenvalue weighted by Crippen LogP contribution is 2.41. The fourth-order valence-electron chi connectivity index (χ4n) is 4.39. The second kappa shape index (κ2) is 11.6. The summed E-state index contributed by atoms with van der Waals surface area (Å²) >= 11 is 0. The lowest BCUT2D eigenvalue weighted by Crippen LogP contribution is -2.42. The third-order valence-corrected chi connectivity index (χ3v) is 6.12. The molecule has 4 N–H and O–H groups in total. The minimum Gasteiger partial charge on any atom is -0.481 e. The molecule has 4 unspecified atom stereocenters. The minimum absolute atomic E-state index is 0.0651. The lowest BCUT2D eigenvalue weighted by atomic mass is 10.1. The van der Waals surface area contributed by atoms with E-state index in [1.54, 1.807) is 17.6 Å². The van der Waals surface area contributed by atoms with Crippen LogP contribution in [-0.2, 0) is 23.8 Å². The molecule has 0 bridgehead atoms. The Morgan fingerprint density at radius 3 is 2.62 bits per heavy atom. The van der Waals surface area contributed by atoms with Gasteiger partial charge in [0.2, 0.25) is 0 Å². The maximum absolute atomic E-state index is 13.0. The lowest BCUT2D eigenvalue weighted by Gasteiger charge is -2.20. The van der Waals surface area contributed by atoms with Gasteiger partial charge in [-0.15, -0.1) is 0 Å². The molecule has 14 heteroatoms. The van der Waals surface area contributed by atoms with Crippen molar-refractivity contribution in [2.24, 2.45) is 0 Å². The first-order valence-corrected chi connectivity index (χ1v) is 12.4. The molecule has 0 saturated carbocycles. The van der Waals surface area contributed by atoms with Gasteiger partial charge in [0.1, 0.15) is 18.5 Å². The summed E-state index contributed by atoms with van der Waals surface area (Å²) in [5.41, 5.74) is 1.61. The van der Waals surface area contributed by atoms with E-state index in [-0.39, 0.29) is 18.8 Å². The first-order valence-electron chi connectivity index (χ1n) is 12.4. The van der Waals surface area contributed by atoms with Crippen molar-refractivity contribution >= 4 is 41.0 Å². The van der Waals surface area contributed by atoms with Crippen molar-refractivity contribution in [3.8, 4) is 0 Å². The third-order valence-electron chi connectivity index (χ3n) is 6.12. The zero-order valence-electron chi connectivity index (χ0n) is 20.9. The second-order valence-electron chi connectivity index (χ2n) is 8.75. The molecule has 2 fully saturated rings. The molecule has 0 aliphatic carbocycles. The summed E-state index contributed by atoms with van der Waals surface area (Å²) in [7, 11) is 0. The molecule has 0 radical (unpaired) electrons. The lowest BCUT2D eigenvalue weighted by molar-refractivity contribution is -0.152. The molecule has 14 nitrogen and oxygen atoms in total. The number of amides is 3. The van der Waals surface area contributed by atoms with Gasteiger partial charge in [0.15, 0.2) is 35.6 Å². The fourth-order valence-corrected chi connectivity index (χ4v) is 4.39. The number of hydrogen-bond acceptors (Lipinski definition) is 9. The summed E-state index contributed by atoms with van der Waals surface area (Å²) < 4.78 is 19.9. The predicted octanol–water partition coefficient (Wildman–Crippen LogP) is 1.28. The molecule has 3 amide bonds. The Labute approximate surface area is 222 Å². The van der Waals surface area contributed by atoms with Crippen LogP contribution in [0.1, 0.15) is 25.1 Å². The van der Waals surface area contributed by atoms with Crippen molar-refractivity contribution in [2.75, 3.05) is 18.4 Å². The van der Waals surface area contributed by atoms with Crippen molar-refractivity contribution < 1.29 is 33.7 Å². The van der Waals surface area contributed by atoms with Gasteiger partial charge >= 0.3 is 12.0 Å². The third kappa shape index (κ3) is 5.72. The summed E-state index contributed by atoms with van der Waals surface area (Å²) in [6.07, 6.45) is 1.87. The molecular formula is C25H27N7O7. The molecule has 39 heavy (non-hydrogen) atoms.